The van der Waals surface area contributed by atoms with Crippen molar-refractivity contribution < 1.29 is 20.8 Å². The zero-order chi connectivity index (χ0) is 39.0. The Labute approximate surface area is 338 Å². The molecule has 0 aromatic heterocycles. The van der Waals surface area contributed by atoms with Crippen molar-refractivity contribution in [1.82, 2.24) is 0 Å². The van der Waals surface area contributed by atoms with Crippen LogP contribution in [0.15, 0.2) is 97.1 Å². The summed E-state index contributed by atoms with van der Waals surface area (Å²) in [6.07, 6.45) is 0. The molecule has 0 saturated carbocycles. The van der Waals surface area contributed by atoms with Crippen LogP contribution >= 0.6 is 17.0 Å². The van der Waals surface area contributed by atoms with E-state index in [0.717, 1.165) is 9.52 Å². The summed E-state index contributed by atoms with van der Waals surface area (Å²) in [5.41, 5.74) is 14.4. The van der Waals surface area contributed by atoms with Gasteiger partial charge in [0.15, 0.2) is 0 Å². The van der Waals surface area contributed by atoms with Gasteiger partial charge in [0.25, 0.3) is 0 Å². The maximum atomic E-state index is 4.93. The molecule has 4 heteroatoms. The number of benzene rings is 4. The number of fused-ring (bicyclic) bond motifs is 2. The molecular formula is C48H60Cl2SiZr. The predicted octanol–water partition coefficient (Wildman–Crippen LogP) is 16.1. The van der Waals surface area contributed by atoms with E-state index in [4.69, 9.17) is 17.0 Å². The van der Waals surface area contributed by atoms with Gasteiger partial charge in [-0.2, -0.15) is 12.1 Å². The fourth-order valence-corrected chi connectivity index (χ4v) is 6.73. The zero-order valence-corrected chi connectivity index (χ0v) is 39.1. The van der Waals surface area contributed by atoms with Crippen LogP contribution in [-0.2, 0) is 31.7 Å². The quantitative estimate of drug-likeness (QED) is 0.123. The maximum absolute atomic E-state index is 4.93. The fourth-order valence-electron chi connectivity index (χ4n) is 6.73. The van der Waals surface area contributed by atoms with Crippen LogP contribution in [0, 0.1) is 13.8 Å². The van der Waals surface area contributed by atoms with Gasteiger partial charge in [-0.15, -0.1) is 69.1 Å². The molecule has 0 bridgehead atoms. The molecular weight excluding hydrogens is 767 g/mol. The Bertz CT molecular complexity index is 1880. The van der Waals surface area contributed by atoms with Crippen molar-refractivity contribution in [3.63, 3.8) is 0 Å². The summed E-state index contributed by atoms with van der Waals surface area (Å²) in [6.45, 7) is 31.6. The molecule has 0 amide bonds. The Kier molecular flexibility index (Phi) is 16.5. The van der Waals surface area contributed by atoms with E-state index in [1.807, 2.05) is 0 Å². The third-order valence-corrected chi connectivity index (χ3v) is 9.65. The molecule has 0 atom stereocenters. The van der Waals surface area contributed by atoms with Gasteiger partial charge in [-0.1, -0.05) is 153 Å². The normalized spacial score (nSPS) is 11.4. The minimum atomic E-state index is -0.826. The van der Waals surface area contributed by atoms with E-state index in [9.17, 15) is 0 Å². The van der Waals surface area contributed by atoms with Crippen LogP contribution in [-0.4, -0.2) is 9.52 Å². The first-order chi connectivity index (χ1) is 24.4. The second kappa shape index (κ2) is 19.4. The molecule has 52 heavy (non-hydrogen) atoms. The van der Waals surface area contributed by atoms with Gasteiger partial charge in [0.1, 0.15) is 0 Å². The van der Waals surface area contributed by atoms with Gasteiger partial charge in [-0.25, -0.2) is 0 Å². The first kappa shape index (κ1) is 44.2. The van der Waals surface area contributed by atoms with Gasteiger partial charge < -0.3 is 0 Å². The van der Waals surface area contributed by atoms with Gasteiger partial charge in [0.2, 0.25) is 0 Å². The van der Waals surface area contributed by atoms with Gasteiger partial charge in [-0.05, 0) is 58.8 Å². The van der Waals surface area contributed by atoms with Crippen molar-refractivity contribution in [2.75, 3.05) is 0 Å². The molecule has 0 aliphatic carbocycles. The first-order valence-corrected chi connectivity index (χ1v) is 26.9. The number of hydrogen-bond donors (Lipinski definition) is 0. The fraction of sp³-hybridized carbons (Fsp3) is 0.375. The van der Waals surface area contributed by atoms with Gasteiger partial charge in [0, 0.05) is 9.52 Å². The number of halogens is 2. The topological polar surface area (TPSA) is 0 Å². The van der Waals surface area contributed by atoms with Crippen LogP contribution in [0.25, 0.3) is 43.8 Å². The summed E-state index contributed by atoms with van der Waals surface area (Å²) < 4.78 is 0. The molecule has 274 valence electrons. The van der Waals surface area contributed by atoms with Crippen LogP contribution < -0.4 is 0 Å². The summed E-state index contributed by atoms with van der Waals surface area (Å²) in [7, 11) is 11.0. The Hall–Kier alpha value is -2.22. The Morgan fingerprint density at radius 2 is 0.865 bits per heavy atom. The van der Waals surface area contributed by atoms with E-state index < -0.39 is 20.8 Å². The average molecular weight is 827 g/mol. The molecule has 6 aromatic rings. The van der Waals surface area contributed by atoms with E-state index in [-0.39, 0.29) is 10.8 Å². The average Bonchev–Trinajstić information content (AvgIpc) is 3.71. The first-order valence-electron chi connectivity index (χ1n) is 18.6. The standard InChI is InChI=1S/2C23H27.C2H6Si.2ClH.Zr/c2*1-15(2)19-12-11-17-13-18(23(4,5)6)14-21(17)22(19)20-10-8-7-9-16(20)3;1-3-2;;;/h2*7-15H,1-6H3;1-2H3;2*1H;/q2*-1;;;;+4/p-2. The zero-order valence-electron chi connectivity index (χ0n) is 34.1. The van der Waals surface area contributed by atoms with Gasteiger partial charge in [-0.3, -0.25) is 0 Å². The molecule has 6 aromatic carbocycles. The molecule has 0 unspecified atom stereocenters. The monoisotopic (exact) mass is 824 g/mol. The van der Waals surface area contributed by atoms with Gasteiger partial charge in [0.05, 0.1) is 0 Å². The number of rotatable bonds is 4. The summed E-state index contributed by atoms with van der Waals surface area (Å²) in [5, 5.41) is 5.51. The molecule has 2 radical (unpaired) electrons. The molecule has 0 heterocycles. The van der Waals surface area contributed by atoms with Crippen molar-refractivity contribution in [1.29, 1.82) is 0 Å². The molecule has 0 nitrogen and oxygen atoms in total. The van der Waals surface area contributed by atoms with Crippen LogP contribution in [0.5, 0.6) is 0 Å². The van der Waals surface area contributed by atoms with Crippen molar-refractivity contribution in [2.24, 2.45) is 0 Å². The Morgan fingerprint density at radius 1 is 0.558 bits per heavy atom. The SMILES string of the molecule is C[Si]C.Cc1ccccc1-c1c(C(C)C)ccc2[cH-]c(C(C)(C)C)cc12.Cc1ccccc1-c1c(C(C)C)ccc2[cH-]c(C(C)(C)C)cc12.[Cl][Zr+2][Cl]. The molecule has 0 aliphatic heterocycles. The number of hydrogen-bond acceptors (Lipinski definition) is 0. The molecule has 0 fully saturated rings. The van der Waals surface area contributed by atoms with Crippen LogP contribution in [0.3, 0.4) is 0 Å². The van der Waals surface area contributed by atoms with Gasteiger partial charge >= 0.3 is 37.9 Å². The minimum absolute atomic E-state index is 0.181. The van der Waals surface area contributed by atoms with E-state index >= 15 is 0 Å². The second-order valence-electron chi connectivity index (χ2n) is 16.6. The molecule has 0 saturated heterocycles. The number of aryl methyl sites for hydroxylation is 2. The van der Waals surface area contributed by atoms with Crippen LogP contribution in [0.1, 0.15) is 114 Å². The predicted molar refractivity (Wildman–Crippen MR) is 234 cm³/mol. The molecule has 0 spiro atoms. The molecule has 6 rings (SSSR count). The van der Waals surface area contributed by atoms with E-state index in [1.165, 1.54) is 77.2 Å². The van der Waals surface area contributed by atoms with E-state index in [0.29, 0.717) is 11.8 Å². The molecule has 0 N–H and O–H groups in total. The van der Waals surface area contributed by atoms with E-state index in [2.05, 4.69) is 193 Å². The van der Waals surface area contributed by atoms with Crippen molar-refractivity contribution in [2.45, 2.75) is 119 Å². The second-order valence-corrected chi connectivity index (χ2v) is 21.3. The third-order valence-electron chi connectivity index (χ3n) is 9.65. The summed E-state index contributed by atoms with van der Waals surface area (Å²) in [6, 6.07) is 36.3. The van der Waals surface area contributed by atoms with Crippen molar-refractivity contribution >= 4 is 48.1 Å². The Morgan fingerprint density at radius 3 is 1.13 bits per heavy atom. The summed E-state index contributed by atoms with van der Waals surface area (Å²) in [4.78, 5) is 0. The van der Waals surface area contributed by atoms with Crippen LogP contribution in [0.4, 0.5) is 0 Å². The van der Waals surface area contributed by atoms with Crippen molar-refractivity contribution in [3.8, 4) is 22.3 Å². The van der Waals surface area contributed by atoms with Crippen molar-refractivity contribution in [3.05, 3.63) is 130 Å². The van der Waals surface area contributed by atoms with E-state index in [1.54, 1.807) is 0 Å². The van der Waals surface area contributed by atoms with Crippen LogP contribution in [0.2, 0.25) is 13.1 Å². The molecule has 0 aliphatic rings. The summed E-state index contributed by atoms with van der Waals surface area (Å²) in [5.74, 6) is 1.03. The Balaban J connectivity index is 0.000000244. The third kappa shape index (κ3) is 10.9. The summed E-state index contributed by atoms with van der Waals surface area (Å²) >= 11 is -0.826.